The van der Waals surface area contributed by atoms with E-state index in [1.165, 1.54) is 0 Å². The monoisotopic (exact) mass is 220 g/mol. The summed E-state index contributed by atoms with van der Waals surface area (Å²) in [7, 11) is 0. The molecule has 4 heteroatoms. The lowest BCUT2D eigenvalue weighted by Gasteiger charge is -2.03. The van der Waals surface area contributed by atoms with Crippen molar-refractivity contribution in [1.82, 2.24) is 4.98 Å². The highest BCUT2D eigenvalue weighted by Gasteiger charge is 2.09. The topological polar surface area (TPSA) is 56.0 Å². The number of anilines is 1. The second-order valence-corrected chi connectivity index (χ2v) is 3.44. The van der Waals surface area contributed by atoms with Crippen LogP contribution in [-0.4, -0.2) is 16.6 Å². The largest absolute Gasteiger partial charge is 0.384 e. The van der Waals surface area contributed by atoms with Gasteiger partial charge < -0.3 is 5.73 Å². The first-order valence-corrected chi connectivity index (χ1v) is 5.00. The summed E-state index contributed by atoms with van der Waals surface area (Å²) < 4.78 is 0. The van der Waals surface area contributed by atoms with Crippen molar-refractivity contribution in [3.63, 3.8) is 0 Å². The van der Waals surface area contributed by atoms with Crippen molar-refractivity contribution in [2.75, 3.05) is 11.6 Å². The van der Waals surface area contributed by atoms with E-state index in [9.17, 15) is 4.79 Å². The summed E-state index contributed by atoms with van der Waals surface area (Å²) in [4.78, 5) is 15.7. The molecule has 0 aliphatic carbocycles. The number of para-hydroxylation sites is 1. The Bertz CT molecular complexity index is 525. The number of nitrogens with zero attached hydrogens (tertiary/aromatic N) is 1. The lowest BCUT2D eigenvalue weighted by atomic mass is 10.1. The third kappa shape index (κ3) is 1.78. The standard InChI is InChI=1S/C11H9ClN2O/c12-6-9(15)8-3-1-2-7-4-5-10(13)14-11(7)8/h1-5H,6H2,(H2,13,14). The maximum atomic E-state index is 11.5. The van der Waals surface area contributed by atoms with Gasteiger partial charge in [-0.2, -0.15) is 0 Å². The minimum Gasteiger partial charge on any atom is -0.384 e. The van der Waals surface area contributed by atoms with Crippen LogP contribution in [0.4, 0.5) is 5.82 Å². The summed E-state index contributed by atoms with van der Waals surface area (Å²) in [5.41, 5.74) is 6.72. The van der Waals surface area contributed by atoms with Gasteiger partial charge in [-0.3, -0.25) is 4.79 Å². The molecule has 0 fully saturated rings. The number of carbonyl (C=O) groups is 1. The zero-order valence-electron chi connectivity index (χ0n) is 7.90. The summed E-state index contributed by atoms with van der Waals surface area (Å²) in [5.74, 6) is 0.216. The Morgan fingerprint density at radius 2 is 2.13 bits per heavy atom. The molecule has 76 valence electrons. The zero-order chi connectivity index (χ0) is 10.8. The molecule has 0 atom stereocenters. The quantitative estimate of drug-likeness (QED) is 0.624. The Kier molecular flexibility index (Phi) is 2.56. The van der Waals surface area contributed by atoms with Gasteiger partial charge in [0.05, 0.1) is 11.4 Å². The number of carbonyl (C=O) groups excluding carboxylic acids is 1. The molecule has 0 aliphatic rings. The maximum Gasteiger partial charge on any atom is 0.179 e. The summed E-state index contributed by atoms with van der Waals surface area (Å²) >= 11 is 5.52. The molecule has 2 N–H and O–H groups in total. The highest BCUT2D eigenvalue weighted by molar-refractivity contribution is 6.31. The van der Waals surface area contributed by atoms with E-state index in [2.05, 4.69) is 4.98 Å². The van der Waals surface area contributed by atoms with E-state index >= 15 is 0 Å². The molecule has 2 rings (SSSR count). The van der Waals surface area contributed by atoms with E-state index < -0.39 is 0 Å². The number of pyridine rings is 1. The third-order valence-electron chi connectivity index (χ3n) is 2.16. The van der Waals surface area contributed by atoms with Crippen LogP contribution in [0.1, 0.15) is 10.4 Å². The molecule has 1 aromatic heterocycles. The van der Waals surface area contributed by atoms with E-state index in [0.717, 1.165) is 5.39 Å². The fourth-order valence-corrected chi connectivity index (χ4v) is 1.60. The number of ketones is 1. The molecule has 0 amide bonds. The minimum atomic E-state index is -0.139. The summed E-state index contributed by atoms with van der Waals surface area (Å²) in [6.07, 6.45) is 0. The first kappa shape index (κ1) is 9.93. The molecule has 0 radical (unpaired) electrons. The summed E-state index contributed by atoms with van der Waals surface area (Å²) in [6, 6.07) is 8.94. The summed E-state index contributed by atoms with van der Waals surface area (Å²) in [5, 5.41) is 0.889. The van der Waals surface area contributed by atoms with Gasteiger partial charge in [-0.1, -0.05) is 12.1 Å². The van der Waals surface area contributed by atoms with Crippen LogP contribution in [-0.2, 0) is 0 Å². The second-order valence-electron chi connectivity index (χ2n) is 3.17. The average Bonchev–Trinajstić information content (AvgIpc) is 2.27. The molecule has 0 unspecified atom stereocenters. The number of rotatable bonds is 2. The molecule has 0 spiro atoms. The SMILES string of the molecule is Nc1ccc2cccc(C(=O)CCl)c2n1. The second kappa shape index (κ2) is 3.87. The van der Waals surface area contributed by atoms with Crippen LogP contribution in [0.15, 0.2) is 30.3 Å². The van der Waals surface area contributed by atoms with Gasteiger partial charge in [0.25, 0.3) is 0 Å². The molecule has 3 nitrogen and oxygen atoms in total. The molecule has 1 heterocycles. The molecule has 2 aromatic rings. The fourth-order valence-electron chi connectivity index (χ4n) is 1.46. The number of nitrogens with two attached hydrogens (primary N) is 1. The number of aromatic nitrogens is 1. The van der Waals surface area contributed by atoms with Crippen molar-refractivity contribution in [1.29, 1.82) is 0 Å². The molecule has 0 bridgehead atoms. The van der Waals surface area contributed by atoms with Gasteiger partial charge >= 0.3 is 0 Å². The van der Waals surface area contributed by atoms with Gasteiger partial charge in [-0.05, 0) is 18.2 Å². The van der Waals surface area contributed by atoms with Crippen molar-refractivity contribution in [2.45, 2.75) is 0 Å². The van der Waals surface area contributed by atoms with Crippen molar-refractivity contribution in [2.24, 2.45) is 0 Å². The number of nitrogen functional groups attached to an aromatic ring is 1. The smallest absolute Gasteiger partial charge is 0.179 e. The Labute approximate surface area is 91.9 Å². The van der Waals surface area contributed by atoms with Crippen LogP contribution < -0.4 is 5.73 Å². The maximum absolute atomic E-state index is 11.5. The Balaban J connectivity index is 2.74. The normalized spacial score (nSPS) is 10.5. The number of benzene rings is 1. The van der Waals surface area contributed by atoms with Crippen molar-refractivity contribution >= 4 is 34.1 Å². The predicted octanol–water partition coefficient (Wildman–Crippen LogP) is 2.24. The Morgan fingerprint density at radius 3 is 2.87 bits per heavy atom. The van der Waals surface area contributed by atoms with Gasteiger partial charge in [0.1, 0.15) is 5.82 Å². The minimum absolute atomic E-state index is 0.0460. The molecular weight excluding hydrogens is 212 g/mol. The number of alkyl halides is 1. The Morgan fingerprint density at radius 1 is 1.33 bits per heavy atom. The third-order valence-corrected chi connectivity index (χ3v) is 2.41. The molecular formula is C11H9ClN2O. The van der Waals surface area contributed by atoms with Crippen LogP contribution in [0.3, 0.4) is 0 Å². The molecule has 0 aliphatic heterocycles. The lowest BCUT2D eigenvalue weighted by Crippen LogP contribution is -2.03. The van der Waals surface area contributed by atoms with Crippen molar-refractivity contribution in [3.8, 4) is 0 Å². The predicted molar refractivity (Wildman–Crippen MR) is 61.2 cm³/mol. The fraction of sp³-hybridized carbons (Fsp3) is 0.0909. The van der Waals surface area contributed by atoms with E-state index in [1.54, 1.807) is 18.2 Å². The molecule has 0 saturated heterocycles. The van der Waals surface area contributed by atoms with E-state index in [-0.39, 0.29) is 11.7 Å². The van der Waals surface area contributed by atoms with E-state index in [1.807, 2.05) is 12.1 Å². The number of Topliss-reactive ketones (excluding diaryl/α,β-unsaturated/α-hetero) is 1. The molecule has 0 saturated carbocycles. The van der Waals surface area contributed by atoms with Crippen LogP contribution in [0, 0.1) is 0 Å². The highest BCUT2D eigenvalue weighted by Crippen LogP contribution is 2.18. The van der Waals surface area contributed by atoms with Crippen molar-refractivity contribution in [3.05, 3.63) is 35.9 Å². The average molecular weight is 221 g/mol. The molecule has 15 heavy (non-hydrogen) atoms. The van der Waals surface area contributed by atoms with Gasteiger partial charge in [-0.25, -0.2) is 4.98 Å². The van der Waals surface area contributed by atoms with Crippen LogP contribution >= 0.6 is 11.6 Å². The lowest BCUT2D eigenvalue weighted by molar-refractivity contribution is 0.102. The van der Waals surface area contributed by atoms with Crippen molar-refractivity contribution < 1.29 is 4.79 Å². The van der Waals surface area contributed by atoms with Crippen LogP contribution in [0.5, 0.6) is 0 Å². The number of fused-ring (bicyclic) bond motifs is 1. The number of halogens is 1. The van der Waals surface area contributed by atoms with Crippen LogP contribution in [0.2, 0.25) is 0 Å². The first-order chi connectivity index (χ1) is 7.22. The Hall–Kier alpha value is -1.61. The number of hydrogen-bond donors (Lipinski definition) is 1. The number of hydrogen-bond acceptors (Lipinski definition) is 3. The van der Waals surface area contributed by atoms with E-state index in [0.29, 0.717) is 16.9 Å². The van der Waals surface area contributed by atoms with Gasteiger partial charge in [0.2, 0.25) is 0 Å². The highest BCUT2D eigenvalue weighted by atomic mass is 35.5. The molecule has 1 aromatic carbocycles. The van der Waals surface area contributed by atoms with Gasteiger partial charge in [0.15, 0.2) is 5.78 Å². The zero-order valence-corrected chi connectivity index (χ0v) is 8.66. The van der Waals surface area contributed by atoms with Crippen LogP contribution in [0.25, 0.3) is 10.9 Å². The van der Waals surface area contributed by atoms with E-state index in [4.69, 9.17) is 17.3 Å². The van der Waals surface area contributed by atoms with Gasteiger partial charge in [0, 0.05) is 10.9 Å². The van der Waals surface area contributed by atoms with Gasteiger partial charge in [-0.15, -0.1) is 11.6 Å². The summed E-state index contributed by atoms with van der Waals surface area (Å²) in [6.45, 7) is 0. The first-order valence-electron chi connectivity index (χ1n) is 4.47.